The maximum Gasteiger partial charge on any atom is 0.227 e. The van der Waals surface area contributed by atoms with E-state index in [1.807, 2.05) is 14.1 Å². The molecule has 4 heteroatoms. The van der Waals surface area contributed by atoms with Crippen LogP contribution in [0.5, 0.6) is 0 Å². The van der Waals surface area contributed by atoms with Crippen LogP contribution < -0.4 is 0 Å². The minimum atomic E-state index is 0.0864. The molecule has 1 heterocycles. The third kappa shape index (κ3) is 4.83. The molecule has 1 aromatic rings. The fraction of sp³-hybridized carbons (Fsp3) is 0.588. The zero-order valence-corrected chi connectivity index (χ0v) is 13.5. The van der Waals surface area contributed by atoms with Gasteiger partial charge in [-0.2, -0.15) is 0 Å². The molecule has 21 heavy (non-hydrogen) atoms. The molecule has 1 amide bonds. The first-order valence-corrected chi connectivity index (χ1v) is 7.72. The van der Waals surface area contributed by atoms with Gasteiger partial charge in [-0.15, -0.1) is 0 Å². The van der Waals surface area contributed by atoms with Gasteiger partial charge in [-0.25, -0.2) is 0 Å². The molecule has 1 aliphatic rings. The highest BCUT2D eigenvalue weighted by Crippen LogP contribution is 2.12. The van der Waals surface area contributed by atoms with E-state index < -0.39 is 0 Å². The Hall–Kier alpha value is -1.39. The van der Waals surface area contributed by atoms with Gasteiger partial charge in [0.2, 0.25) is 5.91 Å². The highest BCUT2D eigenvalue weighted by Gasteiger charge is 2.27. The number of benzene rings is 1. The van der Waals surface area contributed by atoms with Crippen molar-refractivity contribution in [2.24, 2.45) is 5.92 Å². The lowest BCUT2D eigenvalue weighted by molar-refractivity contribution is -0.133. The molecular weight excluding hydrogens is 262 g/mol. The summed E-state index contributed by atoms with van der Waals surface area (Å²) in [5.74, 6) is 0.330. The largest absolute Gasteiger partial charge is 0.348 e. The van der Waals surface area contributed by atoms with Crippen molar-refractivity contribution in [1.82, 2.24) is 14.7 Å². The van der Waals surface area contributed by atoms with Gasteiger partial charge in [-0.1, -0.05) is 30.3 Å². The van der Waals surface area contributed by atoms with E-state index in [9.17, 15) is 4.79 Å². The third-order valence-electron chi connectivity index (χ3n) is 4.16. The number of hydrogen-bond donors (Lipinski definition) is 0. The van der Waals surface area contributed by atoms with Crippen LogP contribution in [-0.2, 0) is 11.2 Å². The molecule has 4 nitrogen and oxygen atoms in total. The van der Waals surface area contributed by atoms with Crippen molar-refractivity contribution in [3.8, 4) is 0 Å². The molecule has 0 aromatic heterocycles. The van der Waals surface area contributed by atoms with Gasteiger partial charge < -0.3 is 14.7 Å². The maximum atomic E-state index is 12.3. The van der Waals surface area contributed by atoms with Crippen molar-refractivity contribution in [3.63, 3.8) is 0 Å². The van der Waals surface area contributed by atoms with E-state index in [0.29, 0.717) is 0 Å². The van der Waals surface area contributed by atoms with E-state index in [0.717, 1.165) is 39.1 Å². The van der Waals surface area contributed by atoms with Crippen LogP contribution in [0.3, 0.4) is 0 Å². The van der Waals surface area contributed by atoms with E-state index >= 15 is 0 Å². The first kappa shape index (κ1) is 16.0. The van der Waals surface area contributed by atoms with Gasteiger partial charge in [0.05, 0.1) is 5.92 Å². The van der Waals surface area contributed by atoms with E-state index in [-0.39, 0.29) is 11.8 Å². The summed E-state index contributed by atoms with van der Waals surface area (Å²) >= 11 is 0. The summed E-state index contributed by atoms with van der Waals surface area (Å²) in [4.78, 5) is 18.7. The van der Waals surface area contributed by atoms with Crippen LogP contribution in [0.15, 0.2) is 30.3 Å². The lowest BCUT2D eigenvalue weighted by Crippen LogP contribution is -2.40. The minimum Gasteiger partial charge on any atom is -0.348 e. The molecule has 0 N–H and O–H groups in total. The lowest BCUT2D eigenvalue weighted by atomic mass is 10.1. The molecule has 0 aliphatic carbocycles. The van der Waals surface area contributed by atoms with Crippen LogP contribution in [0.1, 0.15) is 5.56 Å². The number of likely N-dealkylation sites (N-methyl/N-ethyl adjacent to an activating group) is 1. The molecular formula is C17H27N3O. The SMILES string of the molecule is CN1CCN(CCc2ccccc2)C[C@@H](C(=O)N(C)C)C1. The van der Waals surface area contributed by atoms with Crippen molar-refractivity contribution in [3.05, 3.63) is 35.9 Å². The fourth-order valence-corrected chi connectivity index (χ4v) is 2.90. The second-order valence-electron chi connectivity index (χ2n) is 6.23. The smallest absolute Gasteiger partial charge is 0.227 e. The molecule has 2 rings (SSSR count). The van der Waals surface area contributed by atoms with Crippen molar-refractivity contribution in [2.45, 2.75) is 6.42 Å². The first-order valence-electron chi connectivity index (χ1n) is 7.72. The average molecular weight is 289 g/mol. The minimum absolute atomic E-state index is 0.0864. The summed E-state index contributed by atoms with van der Waals surface area (Å²) in [6.07, 6.45) is 1.05. The Morgan fingerprint density at radius 2 is 1.90 bits per heavy atom. The highest BCUT2D eigenvalue weighted by atomic mass is 16.2. The Morgan fingerprint density at radius 1 is 1.19 bits per heavy atom. The van der Waals surface area contributed by atoms with Crippen LogP contribution in [0.4, 0.5) is 0 Å². The Bertz CT molecular complexity index is 447. The molecule has 1 saturated heterocycles. The zero-order chi connectivity index (χ0) is 15.2. The quantitative estimate of drug-likeness (QED) is 0.833. The number of carbonyl (C=O) groups is 1. The maximum absolute atomic E-state index is 12.3. The van der Waals surface area contributed by atoms with E-state index in [2.05, 4.69) is 47.2 Å². The van der Waals surface area contributed by atoms with Crippen LogP contribution in [0.25, 0.3) is 0 Å². The molecule has 1 aliphatic heterocycles. The van der Waals surface area contributed by atoms with E-state index in [4.69, 9.17) is 0 Å². The normalized spacial score (nSPS) is 21.0. The van der Waals surface area contributed by atoms with Gasteiger partial charge in [0, 0.05) is 46.8 Å². The van der Waals surface area contributed by atoms with Crippen LogP contribution in [0.2, 0.25) is 0 Å². The highest BCUT2D eigenvalue weighted by molar-refractivity contribution is 5.78. The summed E-state index contributed by atoms with van der Waals surface area (Å²) in [5.41, 5.74) is 1.37. The van der Waals surface area contributed by atoms with E-state index in [1.165, 1.54) is 5.56 Å². The first-order chi connectivity index (χ1) is 10.1. The number of nitrogens with zero attached hydrogens (tertiary/aromatic N) is 3. The Kier molecular flexibility index (Phi) is 5.76. The predicted molar refractivity (Wildman–Crippen MR) is 86.3 cm³/mol. The summed E-state index contributed by atoms with van der Waals surface area (Å²) in [5, 5.41) is 0. The Labute approximate surface area is 128 Å². The molecule has 1 atom stereocenters. The third-order valence-corrected chi connectivity index (χ3v) is 4.16. The molecule has 0 radical (unpaired) electrons. The van der Waals surface area contributed by atoms with Crippen LogP contribution >= 0.6 is 0 Å². The number of amides is 1. The second kappa shape index (κ2) is 7.57. The molecule has 0 saturated carbocycles. The number of rotatable bonds is 4. The second-order valence-corrected chi connectivity index (χ2v) is 6.23. The van der Waals surface area contributed by atoms with Crippen molar-refractivity contribution in [2.75, 3.05) is 53.9 Å². The summed E-state index contributed by atoms with van der Waals surface area (Å²) in [6, 6.07) is 10.6. The number of hydrogen-bond acceptors (Lipinski definition) is 3. The molecule has 0 bridgehead atoms. The monoisotopic (exact) mass is 289 g/mol. The molecule has 0 spiro atoms. The van der Waals surface area contributed by atoms with Crippen molar-refractivity contribution < 1.29 is 4.79 Å². The Morgan fingerprint density at radius 3 is 2.57 bits per heavy atom. The van der Waals surface area contributed by atoms with Gasteiger partial charge in [-0.05, 0) is 19.0 Å². The molecule has 1 aromatic carbocycles. The van der Waals surface area contributed by atoms with E-state index in [1.54, 1.807) is 4.90 Å². The van der Waals surface area contributed by atoms with Gasteiger partial charge in [0.1, 0.15) is 0 Å². The van der Waals surface area contributed by atoms with Gasteiger partial charge in [0.15, 0.2) is 0 Å². The summed E-state index contributed by atoms with van der Waals surface area (Å²) < 4.78 is 0. The van der Waals surface area contributed by atoms with Crippen LogP contribution in [-0.4, -0.2) is 74.5 Å². The van der Waals surface area contributed by atoms with Crippen LogP contribution in [0, 0.1) is 5.92 Å². The zero-order valence-electron chi connectivity index (χ0n) is 13.5. The fourth-order valence-electron chi connectivity index (χ4n) is 2.90. The van der Waals surface area contributed by atoms with Crippen molar-refractivity contribution in [1.29, 1.82) is 0 Å². The summed E-state index contributed by atoms with van der Waals surface area (Å²) in [7, 11) is 5.81. The van der Waals surface area contributed by atoms with Gasteiger partial charge in [-0.3, -0.25) is 4.79 Å². The number of carbonyl (C=O) groups excluding carboxylic acids is 1. The topological polar surface area (TPSA) is 26.8 Å². The summed E-state index contributed by atoms with van der Waals surface area (Å²) in [6.45, 7) is 4.83. The Balaban J connectivity index is 1.94. The lowest BCUT2D eigenvalue weighted by Gasteiger charge is -2.25. The molecule has 0 unspecified atom stereocenters. The molecule has 1 fully saturated rings. The van der Waals surface area contributed by atoms with Gasteiger partial charge >= 0.3 is 0 Å². The molecule has 116 valence electrons. The van der Waals surface area contributed by atoms with Crippen molar-refractivity contribution >= 4 is 5.91 Å². The predicted octanol–water partition coefficient (Wildman–Crippen LogP) is 1.18. The average Bonchev–Trinajstić information content (AvgIpc) is 2.67. The van der Waals surface area contributed by atoms with Gasteiger partial charge in [0.25, 0.3) is 0 Å². The standard InChI is InChI=1S/C17H27N3O/c1-18(2)17(21)16-13-19(3)11-12-20(14-16)10-9-15-7-5-4-6-8-15/h4-8,16H,9-14H2,1-3H3/t16-/m0/s1.